The number of H-pyrrole nitrogens is 1. The van der Waals surface area contributed by atoms with Crippen molar-refractivity contribution in [2.24, 2.45) is 0 Å². The van der Waals surface area contributed by atoms with Crippen molar-refractivity contribution in [1.29, 1.82) is 5.26 Å². The standard InChI is InChI=1S/C11H5F3N4O2/c12-11(13,14)7-3-9(19)18(10(20)17-7)8-2-1-6(4-15)5-16-8/h1-3,5H,(H,17,20). The molecule has 0 radical (unpaired) electrons. The van der Waals surface area contributed by atoms with Gasteiger partial charge in [-0.15, -0.1) is 0 Å². The summed E-state index contributed by atoms with van der Waals surface area (Å²) in [6.07, 6.45) is -3.73. The minimum absolute atomic E-state index is 0.177. The van der Waals surface area contributed by atoms with Gasteiger partial charge in [0, 0.05) is 12.3 Å². The molecule has 9 heteroatoms. The Bertz CT molecular complexity index is 765. The second kappa shape index (κ2) is 4.65. The Morgan fingerprint density at radius 3 is 2.45 bits per heavy atom. The van der Waals surface area contributed by atoms with Crippen LogP contribution in [0.2, 0.25) is 0 Å². The van der Waals surface area contributed by atoms with Crippen molar-refractivity contribution in [3.05, 3.63) is 56.5 Å². The number of hydrogen-bond acceptors (Lipinski definition) is 4. The summed E-state index contributed by atoms with van der Waals surface area (Å²) in [5.41, 5.74) is -3.68. The Labute approximate surface area is 108 Å². The summed E-state index contributed by atoms with van der Waals surface area (Å²) in [5.74, 6) is -0.177. The molecule has 0 aliphatic rings. The maximum absolute atomic E-state index is 12.4. The lowest BCUT2D eigenvalue weighted by Gasteiger charge is -2.08. The molecule has 0 atom stereocenters. The highest BCUT2D eigenvalue weighted by atomic mass is 19.4. The Balaban J connectivity index is 2.62. The zero-order valence-corrected chi connectivity index (χ0v) is 9.60. The van der Waals surface area contributed by atoms with Gasteiger partial charge in [-0.1, -0.05) is 0 Å². The molecule has 0 amide bonds. The van der Waals surface area contributed by atoms with Crippen molar-refractivity contribution in [2.75, 3.05) is 0 Å². The van der Waals surface area contributed by atoms with E-state index in [2.05, 4.69) is 4.98 Å². The summed E-state index contributed by atoms with van der Waals surface area (Å²) in [6, 6.07) is 4.51. The lowest BCUT2D eigenvalue weighted by Crippen LogP contribution is -2.36. The lowest BCUT2D eigenvalue weighted by molar-refractivity contribution is -0.141. The zero-order valence-electron chi connectivity index (χ0n) is 9.60. The van der Waals surface area contributed by atoms with Gasteiger partial charge in [-0.25, -0.2) is 14.3 Å². The van der Waals surface area contributed by atoms with Gasteiger partial charge in [0.1, 0.15) is 17.6 Å². The predicted octanol–water partition coefficient (Wildman–Crippen LogP) is 0.811. The van der Waals surface area contributed by atoms with Gasteiger partial charge in [0.05, 0.1) is 5.56 Å². The first kappa shape index (κ1) is 13.5. The summed E-state index contributed by atoms with van der Waals surface area (Å²) in [4.78, 5) is 28.4. The van der Waals surface area contributed by atoms with Crippen molar-refractivity contribution in [3.63, 3.8) is 0 Å². The molecule has 0 spiro atoms. The van der Waals surface area contributed by atoms with Crippen molar-refractivity contribution < 1.29 is 13.2 Å². The van der Waals surface area contributed by atoms with Crippen molar-refractivity contribution in [2.45, 2.75) is 6.18 Å². The van der Waals surface area contributed by atoms with Crippen molar-refractivity contribution in [1.82, 2.24) is 14.5 Å². The molecule has 0 aliphatic heterocycles. The first-order valence-electron chi connectivity index (χ1n) is 5.13. The van der Waals surface area contributed by atoms with Crippen LogP contribution < -0.4 is 11.2 Å². The van der Waals surface area contributed by atoms with Crippen LogP contribution >= 0.6 is 0 Å². The first-order valence-corrected chi connectivity index (χ1v) is 5.13. The second-order valence-electron chi connectivity index (χ2n) is 3.68. The fraction of sp³-hybridized carbons (Fsp3) is 0.0909. The van der Waals surface area contributed by atoms with Gasteiger partial charge in [0.25, 0.3) is 5.56 Å². The maximum Gasteiger partial charge on any atom is 0.431 e. The Hall–Kier alpha value is -2.89. The van der Waals surface area contributed by atoms with Gasteiger partial charge in [-0.05, 0) is 12.1 Å². The molecule has 1 N–H and O–H groups in total. The number of pyridine rings is 1. The van der Waals surface area contributed by atoms with E-state index >= 15 is 0 Å². The molecule has 0 unspecified atom stereocenters. The molecule has 0 saturated carbocycles. The topological polar surface area (TPSA) is 91.5 Å². The summed E-state index contributed by atoms with van der Waals surface area (Å²) >= 11 is 0. The van der Waals surface area contributed by atoms with Crippen LogP contribution in [-0.4, -0.2) is 14.5 Å². The van der Waals surface area contributed by atoms with Gasteiger partial charge in [0.15, 0.2) is 0 Å². The minimum Gasteiger partial charge on any atom is -0.303 e. The number of hydrogen-bond donors (Lipinski definition) is 1. The number of alkyl halides is 3. The zero-order chi connectivity index (χ0) is 14.9. The van der Waals surface area contributed by atoms with E-state index in [9.17, 15) is 22.8 Å². The number of aromatic amines is 1. The third-order valence-corrected chi connectivity index (χ3v) is 2.34. The average molecular weight is 282 g/mol. The van der Waals surface area contributed by atoms with Crippen LogP contribution in [0.25, 0.3) is 5.82 Å². The molecule has 0 saturated heterocycles. The first-order chi connectivity index (χ1) is 9.32. The van der Waals surface area contributed by atoms with Gasteiger partial charge in [-0.3, -0.25) is 4.79 Å². The molecule has 102 valence electrons. The molecule has 2 aromatic heterocycles. The minimum atomic E-state index is -4.82. The molecular formula is C11H5F3N4O2. The largest absolute Gasteiger partial charge is 0.431 e. The summed E-state index contributed by atoms with van der Waals surface area (Å²) < 4.78 is 37.7. The van der Waals surface area contributed by atoms with Gasteiger partial charge in [0.2, 0.25) is 0 Å². The average Bonchev–Trinajstić information content (AvgIpc) is 2.37. The molecule has 2 heterocycles. The van der Waals surface area contributed by atoms with E-state index in [0.29, 0.717) is 4.57 Å². The number of halogens is 3. The van der Waals surface area contributed by atoms with E-state index in [-0.39, 0.29) is 17.4 Å². The van der Waals surface area contributed by atoms with E-state index < -0.39 is 23.1 Å². The van der Waals surface area contributed by atoms with Crippen molar-refractivity contribution >= 4 is 0 Å². The smallest absolute Gasteiger partial charge is 0.303 e. The fourth-order valence-electron chi connectivity index (χ4n) is 1.45. The monoisotopic (exact) mass is 282 g/mol. The summed E-state index contributed by atoms with van der Waals surface area (Å²) in [7, 11) is 0. The van der Waals surface area contributed by atoms with E-state index in [1.165, 1.54) is 12.1 Å². The van der Waals surface area contributed by atoms with E-state index in [1.807, 2.05) is 0 Å². The second-order valence-corrected chi connectivity index (χ2v) is 3.68. The highest BCUT2D eigenvalue weighted by molar-refractivity contribution is 5.32. The Morgan fingerprint density at radius 1 is 1.30 bits per heavy atom. The van der Waals surface area contributed by atoms with Crippen LogP contribution in [0, 0.1) is 11.3 Å². The number of rotatable bonds is 1. The molecular weight excluding hydrogens is 277 g/mol. The Kier molecular flexibility index (Phi) is 3.15. The lowest BCUT2D eigenvalue weighted by atomic mass is 10.3. The molecule has 2 aromatic rings. The van der Waals surface area contributed by atoms with Gasteiger partial charge >= 0.3 is 11.9 Å². The predicted molar refractivity (Wildman–Crippen MR) is 60.2 cm³/mol. The third kappa shape index (κ3) is 2.44. The van der Waals surface area contributed by atoms with Crippen LogP contribution in [0.3, 0.4) is 0 Å². The normalized spacial score (nSPS) is 11.1. The molecule has 0 fully saturated rings. The molecule has 0 aliphatic carbocycles. The maximum atomic E-state index is 12.4. The van der Waals surface area contributed by atoms with Gasteiger partial charge in [-0.2, -0.15) is 18.4 Å². The van der Waals surface area contributed by atoms with E-state index in [4.69, 9.17) is 5.26 Å². The van der Waals surface area contributed by atoms with Crippen LogP contribution in [-0.2, 0) is 6.18 Å². The number of aromatic nitrogens is 3. The molecule has 20 heavy (non-hydrogen) atoms. The van der Waals surface area contributed by atoms with Crippen LogP contribution in [0.1, 0.15) is 11.3 Å². The summed E-state index contributed by atoms with van der Waals surface area (Å²) in [6.45, 7) is 0. The van der Waals surface area contributed by atoms with Crippen LogP contribution in [0.4, 0.5) is 13.2 Å². The van der Waals surface area contributed by atoms with E-state index in [1.54, 1.807) is 11.1 Å². The molecule has 2 rings (SSSR count). The third-order valence-electron chi connectivity index (χ3n) is 2.34. The van der Waals surface area contributed by atoms with Crippen molar-refractivity contribution in [3.8, 4) is 11.9 Å². The quantitative estimate of drug-likeness (QED) is 0.837. The van der Waals surface area contributed by atoms with Crippen LogP contribution in [0.15, 0.2) is 34.0 Å². The van der Waals surface area contributed by atoms with E-state index in [0.717, 1.165) is 6.20 Å². The SMILES string of the molecule is N#Cc1ccc(-n2c(=O)cc(C(F)(F)F)[nH]c2=O)nc1. The number of nitrogens with zero attached hydrogens (tertiary/aromatic N) is 3. The number of nitrogens with one attached hydrogen (secondary N) is 1. The van der Waals surface area contributed by atoms with Gasteiger partial charge < -0.3 is 4.98 Å². The molecule has 6 nitrogen and oxygen atoms in total. The fourth-order valence-corrected chi connectivity index (χ4v) is 1.45. The Morgan fingerprint density at radius 2 is 2.00 bits per heavy atom. The molecule has 0 aromatic carbocycles. The van der Waals surface area contributed by atoms with Crippen LogP contribution in [0.5, 0.6) is 0 Å². The summed E-state index contributed by atoms with van der Waals surface area (Å²) in [5, 5.41) is 8.58. The highest BCUT2D eigenvalue weighted by Gasteiger charge is 2.33. The number of nitriles is 1. The molecule has 0 bridgehead atoms. The highest BCUT2D eigenvalue weighted by Crippen LogP contribution is 2.25.